The number of aryl methyl sites for hydroxylation is 1. The first-order chi connectivity index (χ1) is 8.22. The average Bonchev–Trinajstić information content (AvgIpc) is 2.72. The predicted octanol–water partition coefficient (Wildman–Crippen LogP) is 4.49. The Bertz CT molecular complexity index is 674. The van der Waals surface area contributed by atoms with E-state index in [0.717, 1.165) is 21.4 Å². The van der Waals surface area contributed by atoms with Crippen molar-refractivity contribution in [3.63, 3.8) is 0 Å². The zero-order valence-corrected chi connectivity index (χ0v) is 12.2. The number of pyridine rings is 1. The summed E-state index contributed by atoms with van der Waals surface area (Å²) in [6.07, 6.45) is 4.15. The summed E-state index contributed by atoms with van der Waals surface area (Å²) < 4.78 is 3.15. The van der Waals surface area contributed by atoms with Crippen molar-refractivity contribution in [3.05, 3.63) is 58.8 Å². The van der Waals surface area contributed by atoms with Gasteiger partial charge in [0, 0.05) is 22.4 Å². The highest BCUT2D eigenvalue weighted by Gasteiger charge is 2.03. The maximum absolute atomic E-state index is 4.60. The summed E-state index contributed by atoms with van der Waals surface area (Å²) in [4.78, 5) is 4.60. The monoisotopic (exact) mass is 322 g/mol. The highest BCUT2D eigenvalue weighted by molar-refractivity contribution is 9.10. The van der Waals surface area contributed by atoms with E-state index in [0.29, 0.717) is 0 Å². The van der Waals surface area contributed by atoms with Gasteiger partial charge < -0.3 is 4.40 Å². The standard InChI is InChI=1S/C14H11BrN2.ClH/c1-10-2-7-14-16-13(9-17(14)8-10)11-3-5-12(15)6-4-11;/h2-9H,1H3;1H. The molecular weight excluding hydrogens is 312 g/mol. The normalized spacial score (nSPS) is 10.3. The number of rotatable bonds is 1. The zero-order chi connectivity index (χ0) is 11.8. The van der Waals surface area contributed by atoms with Crippen LogP contribution in [0.1, 0.15) is 5.56 Å². The van der Waals surface area contributed by atoms with Crippen LogP contribution < -0.4 is 0 Å². The molecule has 0 aliphatic rings. The van der Waals surface area contributed by atoms with Crippen LogP contribution in [0.5, 0.6) is 0 Å². The van der Waals surface area contributed by atoms with Crippen molar-refractivity contribution in [3.8, 4) is 11.3 Å². The number of imidazole rings is 1. The van der Waals surface area contributed by atoms with Crippen molar-refractivity contribution >= 4 is 34.0 Å². The molecule has 18 heavy (non-hydrogen) atoms. The summed E-state index contributed by atoms with van der Waals surface area (Å²) in [7, 11) is 0. The Labute approximate surface area is 120 Å². The second-order valence-corrected chi connectivity index (χ2v) is 5.02. The van der Waals surface area contributed by atoms with Crippen molar-refractivity contribution in [2.24, 2.45) is 0 Å². The highest BCUT2D eigenvalue weighted by Crippen LogP contribution is 2.21. The van der Waals surface area contributed by atoms with E-state index < -0.39 is 0 Å². The third-order valence-corrected chi connectivity index (χ3v) is 3.27. The van der Waals surface area contributed by atoms with Crippen LogP contribution in [-0.4, -0.2) is 9.38 Å². The van der Waals surface area contributed by atoms with Crippen LogP contribution >= 0.6 is 28.3 Å². The van der Waals surface area contributed by atoms with E-state index in [1.807, 2.05) is 18.2 Å². The number of hydrogen-bond donors (Lipinski definition) is 0. The molecule has 0 bridgehead atoms. The SMILES string of the molecule is Cc1ccc2nc(-c3ccc(Br)cc3)cn2c1.Cl. The van der Waals surface area contributed by atoms with Crippen LogP contribution in [0, 0.1) is 6.92 Å². The van der Waals surface area contributed by atoms with Crippen LogP contribution in [-0.2, 0) is 0 Å². The van der Waals surface area contributed by atoms with Gasteiger partial charge in [0.15, 0.2) is 0 Å². The number of aromatic nitrogens is 2. The fourth-order valence-corrected chi connectivity index (χ4v) is 2.13. The molecule has 0 unspecified atom stereocenters. The van der Waals surface area contributed by atoms with E-state index in [2.05, 4.69) is 62.8 Å². The Morgan fingerprint density at radius 1 is 1.00 bits per heavy atom. The molecule has 0 N–H and O–H groups in total. The van der Waals surface area contributed by atoms with E-state index >= 15 is 0 Å². The molecule has 0 radical (unpaired) electrons. The summed E-state index contributed by atoms with van der Waals surface area (Å²) in [5, 5.41) is 0. The fourth-order valence-electron chi connectivity index (χ4n) is 1.86. The Morgan fingerprint density at radius 2 is 1.72 bits per heavy atom. The molecule has 0 spiro atoms. The maximum atomic E-state index is 4.60. The lowest BCUT2D eigenvalue weighted by Gasteiger charge is -1.95. The van der Waals surface area contributed by atoms with Gasteiger partial charge >= 0.3 is 0 Å². The Hall–Kier alpha value is -1.32. The van der Waals surface area contributed by atoms with E-state index in [9.17, 15) is 0 Å². The fraction of sp³-hybridized carbons (Fsp3) is 0.0714. The van der Waals surface area contributed by atoms with Crippen molar-refractivity contribution in [1.82, 2.24) is 9.38 Å². The summed E-state index contributed by atoms with van der Waals surface area (Å²) in [6, 6.07) is 12.3. The molecule has 0 fully saturated rings. The van der Waals surface area contributed by atoms with Crippen molar-refractivity contribution < 1.29 is 0 Å². The van der Waals surface area contributed by atoms with Gasteiger partial charge in [-0.2, -0.15) is 0 Å². The first kappa shape index (κ1) is 13.1. The van der Waals surface area contributed by atoms with Crippen molar-refractivity contribution in [1.29, 1.82) is 0 Å². The number of nitrogens with zero attached hydrogens (tertiary/aromatic N) is 2. The molecule has 3 aromatic rings. The summed E-state index contributed by atoms with van der Waals surface area (Å²) in [5.41, 5.74) is 4.35. The second kappa shape index (κ2) is 5.12. The molecule has 0 amide bonds. The smallest absolute Gasteiger partial charge is 0.137 e. The summed E-state index contributed by atoms with van der Waals surface area (Å²) in [5.74, 6) is 0. The lowest BCUT2D eigenvalue weighted by atomic mass is 10.2. The van der Waals surface area contributed by atoms with Crippen molar-refractivity contribution in [2.45, 2.75) is 6.92 Å². The molecule has 2 nitrogen and oxygen atoms in total. The molecule has 0 aliphatic heterocycles. The lowest BCUT2D eigenvalue weighted by Crippen LogP contribution is -1.82. The molecule has 92 valence electrons. The van der Waals surface area contributed by atoms with Gasteiger partial charge in [0.25, 0.3) is 0 Å². The first-order valence-electron chi connectivity index (χ1n) is 5.44. The highest BCUT2D eigenvalue weighted by atomic mass is 79.9. The van der Waals surface area contributed by atoms with Crippen LogP contribution in [0.4, 0.5) is 0 Å². The molecule has 0 aliphatic carbocycles. The number of fused-ring (bicyclic) bond motifs is 1. The summed E-state index contributed by atoms with van der Waals surface area (Å²) >= 11 is 3.44. The van der Waals surface area contributed by atoms with Gasteiger partial charge in [0.2, 0.25) is 0 Å². The molecule has 0 atom stereocenters. The lowest BCUT2D eigenvalue weighted by molar-refractivity contribution is 1.16. The molecule has 2 aromatic heterocycles. The Balaban J connectivity index is 0.00000120. The minimum Gasteiger partial charge on any atom is -0.306 e. The summed E-state index contributed by atoms with van der Waals surface area (Å²) in [6.45, 7) is 2.08. The molecule has 1 aromatic carbocycles. The van der Waals surface area contributed by atoms with Gasteiger partial charge in [-0.15, -0.1) is 12.4 Å². The Kier molecular flexibility index (Phi) is 3.73. The first-order valence-corrected chi connectivity index (χ1v) is 6.23. The van der Waals surface area contributed by atoms with Gasteiger partial charge in [-0.3, -0.25) is 0 Å². The molecule has 0 saturated carbocycles. The largest absolute Gasteiger partial charge is 0.306 e. The minimum absolute atomic E-state index is 0. The average molecular weight is 324 g/mol. The van der Waals surface area contributed by atoms with Gasteiger partial charge in [0.1, 0.15) is 5.65 Å². The van der Waals surface area contributed by atoms with Gasteiger partial charge in [-0.05, 0) is 30.7 Å². The third-order valence-electron chi connectivity index (χ3n) is 2.74. The Morgan fingerprint density at radius 3 is 2.44 bits per heavy atom. The van der Waals surface area contributed by atoms with Crippen LogP contribution in [0.25, 0.3) is 16.9 Å². The quantitative estimate of drug-likeness (QED) is 0.645. The molecule has 2 heterocycles. The van der Waals surface area contributed by atoms with E-state index in [1.165, 1.54) is 5.56 Å². The van der Waals surface area contributed by atoms with E-state index in [4.69, 9.17) is 0 Å². The van der Waals surface area contributed by atoms with Gasteiger partial charge in [-0.1, -0.05) is 34.1 Å². The third kappa shape index (κ3) is 2.42. The van der Waals surface area contributed by atoms with Crippen molar-refractivity contribution in [2.75, 3.05) is 0 Å². The number of halogens is 2. The minimum atomic E-state index is 0. The molecule has 4 heteroatoms. The number of hydrogen-bond acceptors (Lipinski definition) is 1. The van der Waals surface area contributed by atoms with Crippen LogP contribution in [0.2, 0.25) is 0 Å². The molecular formula is C14H12BrClN2. The molecule has 3 rings (SSSR count). The predicted molar refractivity (Wildman–Crippen MR) is 80.3 cm³/mol. The van der Waals surface area contributed by atoms with Crippen LogP contribution in [0.15, 0.2) is 53.3 Å². The van der Waals surface area contributed by atoms with Crippen LogP contribution in [0.3, 0.4) is 0 Å². The topological polar surface area (TPSA) is 17.3 Å². The second-order valence-electron chi connectivity index (χ2n) is 4.10. The van der Waals surface area contributed by atoms with E-state index in [1.54, 1.807) is 0 Å². The van der Waals surface area contributed by atoms with E-state index in [-0.39, 0.29) is 12.4 Å². The molecule has 0 saturated heterocycles. The van der Waals surface area contributed by atoms with Gasteiger partial charge in [0.05, 0.1) is 5.69 Å². The zero-order valence-electron chi connectivity index (χ0n) is 9.80. The maximum Gasteiger partial charge on any atom is 0.137 e. The van der Waals surface area contributed by atoms with Gasteiger partial charge in [-0.25, -0.2) is 4.98 Å². The number of benzene rings is 1.